The van der Waals surface area contributed by atoms with Gasteiger partial charge in [-0.3, -0.25) is 4.79 Å². The number of methoxy groups -OCH3 is 1. The van der Waals surface area contributed by atoms with Crippen molar-refractivity contribution in [3.05, 3.63) is 41.7 Å². The van der Waals surface area contributed by atoms with Gasteiger partial charge in [-0.05, 0) is 18.6 Å². The van der Waals surface area contributed by atoms with Crippen molar-refractivity contribution in [2.45, 2.75) is 32.5 Å². The molecule has 2 aliphatic rings. The zero-order chi connectivity index (χ0) is 20.9. The number of ether oxygens (including phenoxy) is 3. The van der Waals surface area contributed by atoms with E-state index in [0.29, 0.717) is 57.3 Å². The number of fused-ring (bicyclic) bond motifs is 1. The van der Waals surface area contributed by atoms with Gasteiger partial charge in [0.25, 0.3) is 5.91 Å². The summed E-state index contributed by atoms with van der Waals surface area (Å²) in [6.45, 7) is 5.89. The number of carbonyl (C=O) groups excluding carboxylic acids is 1. The van der Waals surface area contributed by atoms with Gasteiger partial charge in [0.2, 0.25) is 5.95 Å². The van der Waals surface area contributed by atoms with Crippen LogP contribution in [0.2, 0.25) is 0 Å². The van der Waals surface area contributed by atoms with Gasteiger partial charge in [0.05, 0.1) is 26.0 Å². The second-order valence-electron chi connectivity index (χ2n) is 7.42. The molecule has 0 bridgehead atoms. The highest BCUT2D eigenvalue weighted by atomic mass is 16.5. The zero-order valence-corrected chi connectivity index (χ0v) is 17.5. The van der Waals surface area contributed by atoms with E-state index in [9.17, 15) is 4.79 Å². The van der Waals surface area contributed by atoms with Crippen LogP contribution in [-0.2, 0) is 22.6 Å². The van der Waals surface area contributed by atoms with E-state index < -0.39 is 6.10 Å². The highest BCUT2D eigenvalue weighted by Gasteiger charge is 2.29. The summed E-state index contributed by atoms with van der Waals surface area (Å²) in [7, 11) is 1.60. The summed E-state index contributed by atoms with van der Waals surface area (Å²) in [6, 6.07) is 7.41. The number of rotatable bonds is 6. The molecule has 0 unspecified atom stereocenters. The number of carbonyl (C=O) groups is 1. The molecule has 2 aromatic rings. The van der Waals surface area contributed by atoms with Gasteiger partial charge in [-0.1, -0.05) is 19.1 Å². The first kappa shape index (κ1) is 20.4. The molecule has 8 nitrogen and oxygen atoms in total. The third kappa shape index (κ3) is 4.33. The van der Waals surface area contributed by atoms with E-state index in [1.165, 1.54) is 0 Å². The fourth-order valence-electron chi connectivity index (χ4n) is 3.78. The van der Waals surface area contributed by atoms with Crippen LogP contribution in [0.4, 0.5) is 5.95 Å². The summed E-state index contributed by atoms with van der Waals surface area (Å²) in [4.78, 5) is 26.3. The molecule has 160 valence electrons. The summed E-state index contributed by atoms with van der Waals surface area (Å²) >= 11 is 0. The average Bonchev–Trinajstić information content (AvgIpc) is 2.82. The van der Waals surface area contributed by atoms with E-state index in [1.54, 1.807) is 7.11 Å². The predicted molar refractivity (Wildman–Crippen MR) is 112 cm³/mol. The molecule has 1 amide bonds. The second-order valence-corrected chi connectivity index (χ2v) is 7.42. The molecular weight excluding hydrogens is 384 g/mol. The molecule has 1 saturated heterocycles. The van der Waals surface area contributed by atoms with E-state index in [2.05, 4.69) is 9.88 Å². The number of nitrogens with zero attached hydrogens (tertiary/aromatic N) is 4. The Morgan fingerprint density at radius 3 is 2.70 bits per heavy atom. The van der Waals surface area contributed by atoms with Crippen molar-refractivity contribution in [3.8, 4) is 11.5 Å². The molecule has 2 aliphatic heterocycles. The third-order valence-corrected chi connectivity index (χ3v) is 5.54. The fraction of sp³-hybridized carbons (Fsp3) is 0.500. The Labute approximate surface area is 176 Å². The van der Waals surface area contributed by atoms with Crippen molar-refractivity contribution in [1.82, 2.24) is 14.9 Å². The average molecular weight is 412 g/mol. The molecule has 0 N–H and O–H groups in total. The summed E-state index contributed by atoms with van der Waals surface area (Å²) in [5.74, 6) is 1.96. The van der Waals surface area contributed by atoms with Crippen molar-refractivity contribution >= 4 is 11.9 Å². The Hall–Kier alpha value is -2.87. The van der Waals surface area contributed by atoms with Crippen LogP contribution in [0, 0.1) is 0 Å². The SMILES string of the molecule is CC[C@@H](Oc1ccccc1OC)C(=O)N1CCN(c2ncc3c(n2)CCOC3)CC1. The molecule has 0 spiro atoms. The molecule has 1 aromatic carbocycles. The van der Waals surface area contributed by atoms with Gasteiger partial charge >= 0.3 is 0 Å². The molecule has 1 fully saturated rings. The normalized spacial score (nSPS) is 17.3. The van der Waals surface area contributed by atoms with Gasteiger partial charge in [-0.2, -0.15) is 0 Å². The first-order valence-electron chi connectivity index (χ1n) is 10.5. The smallest absolute Gasteiger partial charge is 0.263 e. The highest BCUT2D eigenvalue weighted by Crippen LogP contribution is 2.28. The van der Waals surface area contributed by atoms with Gasteiger partial charge < -0.3 is 24.0 Å². The summed E-state index contributed by atoms with van der Waals surface area (Å²) in [6.07, 6.45) is 2.74. The molecule has 3 heterocycles. The van der Waals surface area contributed by atoms with Crippen molar-refractivity contribution < 1.29 is 19.0 Å². The minimum Gasteiger partial charge on any atom is -0.493 e. The maximum Gasteiger partial charge on any atom is 0.263 e. The minimum absolute atomic E-state index is 0.00608. The Morgan fingerprint density at radius 1 is 1.20 bits per heavy atom. The first-order chi connectivity index (χ1) is 14.7. The molecule has 30 heavy (non-hydrogen) atoms. The van der Waals surface area contributed by atoms with Gasteiger partial charge in [0, 0.05) is 44.4 Å². The van der Waals surface area contributed by atoms with Gasteiger partial charge in [0.1, 0.15) is 0 Å². The highest BCUT2D eigenvalue weighted by molar-refractivity contribution is 5.81. The zero-order valence-electron chi connectivity index (χ0n) is 17.5. The quantitative estimate of drug-likeness (QED) is 0.719. The summed E-state index contributed by atoms with van der Waals surface area (Å²) in [5.41, 5.74) is 2.14. The largest absolute Gasteiger partial charge is 0.493 e. The monoisotopic (exact) mass is 412 g/mol. The van der Waals surface area contributed by atoms with Crippen LogP contribution in [0.3, 0.4) is 0 Å². The van der Waals surface area contributed by atoms with Gasteiger partial charge in [0.15, 0.2) is 17.6 Å². The molecule has 8 heteroatoms. The van der Waals surface area contributed by atoms with E-state index in [4.69, 9.17) is 19.2 Å². The molecule has 4 rings (SSSR count). The van der Waals surface area contributed by atoms with E-state index >= 15 is 0 Å². The minimum atomic E-state index is -0.534. The summed E-state index contributed by atoms with van der Waals surface area (Å²) in [5, 5.41) is 0. The molecule has 0 saturated carbocycles. The number of piperazine rings is 1. The number of hydrogen-bond acceptors (Lipinski definition) is 7. The van der Waals surface area contributed by atoms with Crippen molar-refractivity contribution in [2.75, 3.05) is 44.8 Å². The molecular formula is C22H28N4O4. The number of aromatic nitrogens is 2. The van der Waals surface area contributed by atoms with E-state index in [1.807, 2.05) is 42.3 Å². The Bertz CT molecular complexity index is 883. The maximum absolute atomic E-state index is 13.1. The fourth-order valence-corrected chi connectivity index (χ4v) is 3.78. The third-order valence-electron chi connectivity index (χ3n) is 5.54. The molecule has 0 radical (unpaired) electrons. The van der Waals surface area contributed by atoms with Crippen LogP contribution < -0.4 is 14.4 Å². The van der Waals surface area contributed by atoms with Crippen molar-refractivity contribution in [2.24, 2.45) is 0 Å². The Kier molecular flexibility index (Phi) is 6.32. The van der Waals surface area contributed by atoms with Crippen LogP contribution in [0.1, 0.15) is 24.6 Å². The van der Waals surface area contributed by atoms with Crippen molar-refractivity contribution in [1.29, 1.82) is 0 Å². The predicted octanol–water partition coefficient (Wildman–Crippen LogP) is 2.06. The lowest BCUT2D eigenvalue weighted by Gasteiger charge is -2.36. The van der Waals surface area contributed by atoms with Gasteiger partial charge in [-0.15, -0.1) is 0 Å². The lowest BCUT2D eigenvalue weighted by molar-refractivity contribution is -0.139. The number of benzene rings is 1. The van der Waals surface area contributed by atoms with E-state index in [0.717, 1.165) is 23.6 Å². The number of hydrogen-bond donors (Lipinski definition) is 0. The van der Waals surface area contributed by atoms with Gasteiger partial charge in [-0.25, -0.2) is 9.97 Å². The summed E-state index contributed by atoms with van der Waals surface area (Å²) < 4.78 is 16.8. The van der Waals surface area contributed by atoms with Crippen molar-refractivity contribution in [3.63, 3.8) is 0 Å². The van der Waals surface area contributed by atoms with Crippen LogP contribution in [0.25, 0.3) is 0 Å². The number of para-hydroxylation sites is 2. The second kappa shape index (κ2) is 9.30. The van der Waals surface area contributed by atoms with Crippen LogP contribution in [-0.4, -0.2) is 66.8 Å². The lowest BCUT2D eigenvalue weighted by Crippen LogP contribution is -2.52. The molecule has 0 aliphatic carbocycles. The maximum atomic E-state index is 13.1. The van der Waals surface area contributed by atoms with Crippen LogP contribution in [0.5, 0.6) is 11.5 Å². The molecule has 1 atom stereocenters. The van der Waals surface area contributed by atoms with E-state index in [-0.39, 0.29) is 5.91 Å². The first-order valence-corrected chi connectivity index (χ1v) is 10.5. The number of anilines is 1. The number of amides is 1. The van der Waals surface area contributed by atoms with Crippen LogP contribution >= 0.6 is 0 Å². The lowest BCUT2D eigenvalue weighted by atomic mass is 10.1. The molecule has 1 aromatic heterocycles. The topological polar surface area (TPSA) is 77.0 Å². The standard InChI is InChI=1S/C22H28N4O4/c1-3-18(30-20-7-5-4-6-19(20)28-2)21(27)25-9-11-26(12-10-25)22-23-14-16-15-29-13-8-17(16)24-22/h4-7,14,18H,3,8-13,15H2,1-2H3/t18-/m1/s1. The Balaban J connectivity index is 1.37. The van der Waals surface area contributed by atoms with Crippen LogP contribution in [0.15, 0.2) is 30.5 Å². The Morgan fingerprint density at radius 2 is 1.97 bits per heavy atom.